The first-order valence-electron chi connectivity index (χ1n) is 8.49. The summed E-state index contributed by atoms with van der Waals surface area (Å²) in [5.74, 6) is 0.523. The van der Waals surface area contributed by atoms with Crippen molar-refractivity contribution in [3.8, 4) is 0 Å². The van der Waals surface area contributed by atoms with Gasteiger partial charge in [-0.05, 0) is 13.0 Å². The number of rotatable bonds is 12. The van der Waals surface area contributed by atoms with Crippen LogP contribution in [-0.2, 0) is 4.79 Å². The third kappa shape index (κ3) is 7.51. The first kappa shape index (κ1) is 18.6. The number of nitrogens with zero attached hydrogens (tertiary/aromatic N) is 1. The van der Waals surface area contributed by atoms with Gasteiger partial charge in [0.1, 0.15) is 5.78 Å². The molecule has 0 unspecified atom stereocenters. The molecule has 1 rings (SSSR count). The van der Waals surface area contributed by atoms with Crippen LogP contribution in [0.1, 0.15) is 62.7 Å². The van der Waals surface area contributed by atoms with Gasteiger partial charge in [-0.25, -0.2) is 0 Å². The molecule has 0 N–H and O–H groups in total. The molecule has 0 saturated heterocycles. The normalized spacial score (nSPS) is 10.9. The topological polar surface area (TPSA) is 37.4 Å². The zero-order valence-electron chi connectivity index (χ0n) is 14.0. The highest BCUT2D eigenvalue weighted by atomic mass is 16.1. The Hall–Kier alpha value is -1.48. The van der Waals surface area contributed by atoms with Gasteiger partial charge >= 0.3 is 0 Å². The van der Waals surface area contributed by atoms with E-state index in [1.165, 1.54) is 0 Å². The van der Waals surface area contributed by atoms with Gasteiger partial charge in [-0.15, -0.1) is 0 Å². The van der Waals surface area contributed by atoms with Crippen LogP contribution in [0.2, 0.25) is 0 Å². The Morgan fingerprint density at radius 3 is 2.23 bits per heavy atom. The molecule has 0 bridgehead atoms. The Morgan fingerprint density at radius 1 is 0.909 bits per heavy atom. The van der Waals surface area contributed by atoms with Crippen LogP contribution >= 0.6 is 0 Å². The van der Waals surface area contributed by atoms with Gasteiger partial charge < -0.3 is 4.90 Å². The predicted molar refractivity (Wildman–Crippen MR) is 91.3 cm³/mol. The molecule has 0 saturated carbocycles. The van der Waals surface area contributed by atoms with E-state index in [1.807, 2.05) is 30.3 Å². The van der Waals surface area contributed by atoms with E-state index in [4.69, 9.17) is 0 Å². The second-order valence-electron chi connectivity index (χ2n) is 5.72. The second-order valence-corrected chi connectivity index (χ2v) is 5.72. The lowest BCUT2D eigenvalue weighted by molar-refractivity contribution is -0.119. The molecule has 0 fully saturated rings. The average molecular weight is 303 g/mol. The summed E-state index contributed by atoms with van der Waals surface area (Å²) in [5.41, 5.74) is 0.772. The molecule has 1 aromatic carbocycles. The van der Waals surface area contributed by atoms with Crippen molar-refractivity contribution < 1.29 is 9.59 Å². The summed E-state index contributed by atoms with van der Waals surface area (Å²) in [5, 5.41) is 0. The summed E-state index contributed by atoms with van der Waals surface area (Å²) >= 11 is 0. The largest absolute Gasteiger partial charge is 0.303 e. The van der Waals surface area contributed by atoms with Crippen LogP contribution in [0.25, 0.3) is 0 Å². The summed E-state index contributed by atoms with van der Waals surface area (Å²) in [4.78, 5) is 26.1. The average Bonchev–Trinajstić information content (AvgIpc) is 2.55. The lowest BCUT2D eigenvalue weighted by atomic mass is 10.1. The predicted octanol–water partition coefficient (Wildman–Crippen LogP) is 4.12. The lowest BCUT2D eigenvalue weighted by Crippen LogP contribution is -2.28. The zero-order valence-corrected chi connectivity index (χ0v) is 14.0. The molecule has 22 heavy (non-hydrogen) atoms. The van der Waals surface area contributed by atoms with Crippen LogP contribution < -0.4 is 0 Å². The fourth-order valence-corrected chi connectivity index (χ4v) is 2.44. The van der Waals surface area contributed by atoms with Crippen molar-refractivity contribution in [2.45, 2.75) is 52.4 Å². The number of hydrogen-bond acceptors (Lipinski definition) is 3. The Balaban J connectivity index is 2.27. The fourth-order valence-electron chi connectivity index (χ4n) is 2.44. The first-order chi connectivity index (χ1) is 10.7. The van der Waals surface area contributed by atoms with Crippen molar-refractivity contribution in [3.63, 3.8) is 0 Å². The third-order valence-electron chi connectivity index (χ3n) is 3.96. The number of ketones is 2. The van der Waals surface area contributed by atoms with Gasteiger partial charge in [0.15, 0.2) is 5.78 Å². The van der Waals surface area contributed by atoms with E-state index in [-0.39, 0.29) is 5.78 Å². The van der Waals surface area contributed by atoms with Crippen molar-refractivity contribution in [3.05, 3.63) is 35.9 Å². The summed E-state index contributed by atoms with van der Waals surface area (Å²) in [6.07, 6.45) is 5.12. The van der Waals surface area contributed by atoms with Gasteiger partial charge in [-0.3, -0.25) is 9.59 Å². The van der Waals surface area contributed by atoms with Crippen LogP contribution in [0.4, 0.5) is 0 Å². The smallest absolute Gasteiger partial charge is 0.164 e. The molecule has 0 heterocycles. The molecule has 0 radical (unpaired) electrons. The molecule has 0 amide bonds. The number of hydrogen-bond donors (Lipinski definition) is 0. The second kappa shape index (κ2) is 11.1. The highest BCUT2D eigenvalue weighted by molar-refractivity contribution is 5.96. The summed E-state index contributed by atoms with van der Waals surface area (Å²) < 4.78 is 0. The molecule has 0 aliphatic rings. The van der Waals surface area contributed by atoms with Crippen molar-refractivity contribution >= 4 is 11.6 Å². The molecule has 3 nitrogen and oxygen atoms in total. The third-order valence-corrected chi connectivity index (χ3v) is 3.96. The van der Waals surface area contributed by atoms with E-state index in [9.17, 15) is 9.59 Å². The molecule has 1 aromatic rings. The minimum atomic E-state index is 0.174. The Morgan fingerprint density at radius 2 is 1.59 bits per heavy atom. The van der Waals surface area contributed by atoms with Crippen molar-refractivity contribution in [2.75, 3.05) is 19.6 Å². The molecule has 122 valence electrons. The zero-order chi connectivity index (χ0) is 16.2. The molecule has 0 aromatic heterocycles. The standard InChI is InChI=1S/C19H29NO2/c1-3-5-7-12-18(21)13-15-20(4-2)16-14-19(22)17-10-8-6-9-11-17/h6,8-11H,3-5,7,12-16H2,1-2H3. The number of unbranched alkanes of at least 4 members (excludes halogenated alkanes) is 2. The Bertz CT molecular complexity index is 442. The van der Waals surface area contributed by atoms with Crippen molar-refractivity contribution in [1.82, 2.24) is 4.90 Å². The summed E-state index contributed by atoms with van der Waals surface area (Å²) in [7, 11) is 0. The van der Waals surface area contributed by atoms with Gasteiger partial charge in [-0.2, -0.15) is 0 Å². The number of carbonyl (C=O) groups excluding carboxylic acids is 2. The maximum atomic E-state index is 12.1. The van der Waals surface area contributed by atoms with Crippen LogP contribution in [0.5, 0.6) is 0 Å². The molecule has 0 aliphatic carbocycles. The maximum Gasteiger partial charge on any atom is 0.164 e. The SMILES string of the molecule is CCCCCC(=O)CCN(CC)CCC(=O)c1ccccc1. The molecular formula is C19H29NO2. The fraction of sp³-hybridized carbons (Fsp3) is 0.579. The minimum Gasteiger partial charge on any atom is -0.303 e. The first-order valence-corrected chi connectivity index (χ1v) is 8.49. The lowest BCUT2D eigenvalue weighted by Gasteiger charge is -2.19. The van der Waals surface area contributed by atoms with Gasteiger partial charge in [0.2, 0.25) is 0 Å². The van der Waals surface area contributed by atoms with Gasteiger partial charge in [-0.1, -0.05) is 57.0 Å². The van der Waals surface area contributed by atoms with Crippen LogP contribution in [0.15, 0.2) is 30.3 Å². The van der Waals surface area contributed by atoms with E-state index >= 15 is 0 Å². The van der Waals surface area contributed by atoms with E-state index in [1.54, 1.807) is 0 Å². The maximum absolute atomic E-state index is 12.1. The molecule has 0 atom stereocenters. The Labute approximate surface area is 134 Å². The number of benzene rings is 1. The van der Waals surface area contributed by atoms with E-state index in [2.05, 4.69) is 18.7 Å². The van der Waals surface area contributed by atoms with Crippen LogP contribution in [0, 0.1) is 0 Å². The molecule has 0 spiro atoms. The van der Waals surface area contributed by atoms with Gasteiger partial charge in [0, 0.05) is 37.9 Å². The van der Waals surface area contributed by atoms with Gasteiger partial charge in [0.05, 0.1) is 0 Å². The minimum absolute atomic E-state index is 0.174. The Kier molecular flexibility index (Phi) is 9.40. The van der Waals surface area contributed by atoms with Crippen LogP contribution in [0.3, 0.4) is 0 Å². The number of Topliss-reactive ketones (excluding diaryl/α,β-unsaturated/α-hetero) is 2. The van der Waals surface area contributed by atoms with Crippen LogP contribution in [-0.4, -0.2) is 36.1 Å². The molecule has 3 heteroatoms. The van der Waals surface area contributed by atoms with E-state index in [0.717, 1.165) is 44.5 Å². The van der Waals surface area contributed by atoms with Gasteiger partial charge in [0.25, 0.3) is 0 Å². The number of carbonyl (C=O) groups is 2. The quantitative estimate of drug-likeness (QED) is 0.430. The molecular weight excluding hydrogens is 274 g/mol. The highest BCUT2D eigenvalue weighted by Gasteiger charge is 2.10. The summed E-state index contributed by atoms with van der Waals surface area (Å²) in [6.45, 7) is 6.60. The monoisotopic (exact) mass is 303 g/mol. The highest BCUT2D eigenvalue weighted by Crippen LogP contribution is 2.06. The molecule has 0 aliphatic heterocycles. The van der Waals surface area contributed by atoms with Crippen molar-refractivity contribution in [1.29, 1.82) is 0 Å². The summed E-state index contributed by atoms with van der Waals surface area (Å²) in [6, 6.07) is 9.41. The van der Waals surface area contributed by atoms with Crippen molar-refractivity contribution in [2.24, 2.45) is 0 Å². The van der Waals surface area contributed by atoms with E-state index < -0.39 is 0 Å². The van der Waals surface area contributed by atoms with E-state index in [0.29, 0.717) is 25.0 Å².